The van der Waals surface area contributed by atoms with E-state index in [9.17, 15) is 8.42 Å². The standard InChI is InChI=1S/C14H23BrN2O2S2/c1-3-16-10-12-9-13(14(15)20-12)21(18,19)17-8-6-4-5-7-11(17)2/h9,11,16H,3-8,10H2,1-2H3. The Bertz CT molecular complexity index is 572. The molecule has 21 heavy (non-hydrogen) atoms. The molecule has 0 spiro atoms. The summed E-state index contributed by atoms with van der Waals surface area (Å²) in [6, 6.07) is 1.89. The van der Waals surface area contributed by atoms with Crippen molar-refractivity contribution in [2.75, 3.05) is 13.1 Å². The first-order valence-corrected chi connectivity index (χ1v) is 10.5. The fourth-order valence-electron chi connectivity index (χ4n) is 2.64. The molecule has 1 unspecified atom stereocenters. The average molecular weight is 395 g/mol. The number of nitrogens with one attached hydrogen (secondary N) is 1. The monoisotopic (exact) mass is 394 g/mol. The van der Waals surface area contributed by atoms with Gasteiger partial charge in [0.05, 0.1) is 3.79 Å². The third kappa shape index (κ3) is 4.07. The van der Waals surface area contributed by atoms with Crippen LogP contribution in [0.15, 0.2) is 14.7 Å². The van der Waals surface area contributed by atoms with Crippen LogP contribution in [0.1, 0.15) is 44.4 Å². The van der Waals surface area contributed by atoms with E-state index in [1.807, 2.05) is 19.9 Å². The molecule has 2 rings (SSSR count). The lowest BCUT2D eigenvalue weighted by molar-refractivity contribution is 0.342. The predicted octanol–water partition coefficient (Wildman–Crippen LogP) is 3.57. The summed E-state index contributed by atoms with van der Waals surface area (Å²) in [4.78, 5) is 1.47. The van der Waals surface area contributed by atoms with Crippen LogP contribution in [0.5, 0.6) is 0 Å². The van der Waals surface area contributed by atoms with Gasteiger partial charge in [0.25, 0.3) is 0 Å². The van der Waals surface area contributed by atoms with Crippen molar-refractivity contribution in [3.8, 4) is 0 Å². The highest BCUT2D eigenvalue weighted by atomic mass is 79.9. The molecule has 0 amide bonds. The largest absolute Gasteiger partial charge is 0.312 e. The van der Waals surface area contributed by atoms with E-state index in [0.29, 0.717) is 21.8 Å². The Labute approximate surface area is 140 Å². The molecule has 1 aromatic heterocycles. The molecule has 1 atom stereocenters. The maximum absolute atomic E-state index is 12.9. The van der Waals surface area contributed by atoms with Crippen LogP contribution in [0.4, 0.5) is 0 Å². The van der Waals surface area contributed by atoms with Gasteiger partial charge < -0.3 is 5.32 Å². The molecule has 4 nitrogen and oxygen atoms in total. The minimum Gasteiger partial charge on any atom is -0.312 e. The van der Waals surface area contributed by atoms with Crippen LogP contribution in [-0.2, 0) is 16.6 Å². The molecule has 7 heteroatoms. The Hall–Kier alpha value is 0.0500. The Morgan fingerprint density at radius 3 is 2.90 bits per heavy atom. The van der Waals surface area contributed by atoms with Crippen molar-refractivity contribution in [1.29, 1.82) is 0 Å². The van der Waals surface area contributed by atoms with Crippen LogP contribution < -0.4 is 5.32 Å². The molecule has 0 bridgehead atoms. The maximum atomic E-state index is 12.9. The van der Waals surface area contributed by atoms with Crippen molar-refractivity contribution in [3.63, 3.8) is 0 Å². The van der Waals surface area contributed by atoms with E-state index >= 15 is 0 Å². The molecule has 0 radical (unpaired) electrons. The second-order valence-electron chi connectivity index (χ2n) is 5.45. The molecular formula is C14H23BrN2O2S2. The van der Waals surface area contributed by atoms with Gasteiger partial charge in [-0.15, -0.1) is 11.3 Å². The lowest BCUT2D eigenvalue weighted by atomic mass is 10.1. The predicted molar refractivity (Wildman–Crippen MR) is 91.2 cm³/mol. The van der Waals surface area contributed by atoms with Gasteiger partial charge >= 0.3 is 0 Å². The number of thiophene rings is 1. The van der Waals surface area contributed by atoms with Crippen molar-refractivity contribution < 1.29 is 8.42 Å². The van der Waals surface area contributed by atoms with Gasteiger partial charge in [-0.25, -0.2) is 8.42 Å². The second kappa shape index (κ2) is 7.55. The van der Waals surface area contributed by atoms with Crippen LogP contribution in [0, 0.1) is 0 Å². The number of halogens is 1. The lowest BCUT2D eigenvalue weighted by Gasteiger charge is -2.25. The highest BCUT2D eigenvalue weighted by Crippen LogP contribution is 2.35. The molecule has 1 fully saturated rings. The number of hydrogen-bond acceptors (Lipinski definition) is 4. The maximum Gasteiger partial charge on any atom is 0.245 e. The molecule has 1 aliphatic rings. The molecule has 120 valence electrons. The van der Waals surface area contributed by atoms with Crippen molar-refractivity contribution in [2.45, 2.75) is 57.0 Å². The molecule has 2 heterocycles. The van der Waals surface area contributed by atoms with Crippen molar-refractivity contribution >= 4 is 37.3 Å². The van der Waals surface area contributed by atoms with E-state index in [1.165, 1.54) is 11.3 Å². The summed E-state index contributed by atoms with van der Waals surface area (Å²) in [6.07, 6.45) is 4.14. The zero-order valence-electron chi connectivity index (χ0n) is 12.6. The molecular weight excluding hydrogens is 372 g/mol. The molecule has 1 aromatic rings. The van der Waals surface area contributed by atoms with Crippen molar-refractivity contribution in [2.24, 2.45) is 0 Å². The third-order valence-corrected chi connectivity index (χ3v) is 8.10. The van der Waals surface area contributed by atoms with E-state index in [4.69, 9.17) is 0 Å². The van der Waals surface area contributed by atoms with Crippen LogP contribution in [0.25, 0.3) is 0 Å². The molecule has 0 saturated carbocycles. The van der Waals surface area contributed by atoms with Crippen LogP contribution in [0.2, 0.25) is 0 Å². The molecule has 1 N–H and O–H groups in total. The quantitative estimate of drug-likeness (QED) is 0.829. The van der Waals surface area contributed by atoms with Crippen LogP contribution in [-0.4, -0.2) is 31.9 Å². The summed E-state index contributed by atoms with van der Waals surface area (Å²) in [5, 5.41) is 3.24. The number of hydrogen-bond donors (Lipinski definition) is 1. The number of sulfonamides is 1. The minimum atomic E-state index is -3.40. The van der Waals surface area contributed by atoms with E-state index in [1.54, 1.807) is 4.31 Å². The summed E-state index contributed by atoms with van der Waals surface area (Å²) in [6.45, 7) is 6.28. The minimum absolute atomic E-state index is 0.0847. The summed E-state index contributed by atoms with van der Waals surface area (Å²) in [7, 11) is -3.40. The van der Waals surface area contributed by atoms with Gasteiger partial charge in [-0.05, 0) is 48.3 Å². The zero-order chi connectivity index (χ0) is 15.5. The first-order chi connectivity index (χ1) is 9.96. The van der Waals surface area contributed by atoms with Gasteiger partial charge in [0.15, 0.2) is 0 Å². The first-order valence-electron chi connectivity index (χ1n) is 7.47. The zero-order valence-corrected chi connectivity index (χ0v) is 15.8. The number of rotatable bonds is 5. The van der Waals surface area contributed by atoms with Crippen LogP contribution >= 0.6 is 27.3 Å². The Balaban J connectivity index is 2.27. The normalized spacial score (nSPS) is 21.4. The molecule has 0 aliphatic carbocycles. The van der Waals surface area contributed by atoms with Gasteiger partial charge in [0, 0.05) is 24.0 Å². The Kier molecular flexibility index (Phi) is 6.25. The van der Waals surface area contributed by atoms with E-state index in [2.05, 4.69) is 21.2 Å². The third-order valence-electron chi connectivity index (χ3n) is 3.83. The summed E-state index contributed by atoms with van der Waals surface area (Å²) in [5.41, 5.74) is 0. The lowest BCUT2D eigenvalue weighted by Crippen LogP contribution is -2.38. The van der Waals surface area contributed by atoms with E-state index < -0.39 is 10.0 Å². The van der Waals surface area contributed by atoms with Gasteiger partial charge in [-0.2, -0.15) is 4.31 Å². The summed E-state index contributed by atoms with van der Waals surface area (Å²) < 4.78 is 28.3. The van der Waals surface area contributed by atoms with Crippen LogP contribution in [0.3, 0.4) is 0 Å². The van der Waals surface area contributed by atoms with E-state index in [-0.39, 0.29) is 6.04 Å². The SMILES string of the molecule is CCNCc1cc(S(=O)(=O)N2CCCCCC2C)c(Br)s1. The van der Waals surface area contributed by atoms with Gasteiger partial charge in [0.2, 0.25) is 10.0 Å². The van der Waals surface area contributed by atoms with Gasteiger partial charge in [-0.1, -0.05) is 19.8 Å². The fourth-order valence-corrected chi connectivity index (χ4v) is 6.94. The van der Waals surface area contributed by atoms with E-state index in [0.717, 1.165) is 37.1 Å². The average Bonchev–Trinajstić information content (AvgIpc) is 2.67. The molecule has 0 aromatic carbocycles. The van der Waals surface area contributed by atoms with Gasteiger partial charge in [-0.3, -0.25) is 0 Å². The van der Waals surface area contributed by atoms with Gasteiger partial charge in [0.1, 0.15) is 4.90 Å². The summed E-state index contributed by atoms with van der Waals surface area (Å²) in [5.74, 6) is 0. The Morgan fingerprint density at radius 2 is 2.19 bits per heavy atom. The fraction of sp³-hybridized carbons (Fsp3) is 0.714. The molecule has 1 saturated heterocycles. The second-order valence-corrected chi connectivity index (χ2v) is 9.76. The summed E-state index contributed by atoms with van der Waals surface area (Å²) >= 11 is 4.94. The van der Waals surface area contributed by atoms with Crippen molar-refractivity contribution in [3.05, 3.63) is 14.7 Å². The molecule has 1 aliphatic heterocycles. The highest BCUT2D eigenvalue weighted by molar-refractivity contribution is 9.11. The van der Waals surface area contributed by atoms with Crippen molar-refractivity contribution in [1.82, 2.24) is 9.62 Å². The smallest absolute Gasteiger partial charge is 0.245 e. The number of nitrogens with zero attached hydrogens (tertiary/aromatic N) is 1. The first kappa shape index (κ1) is 17.4. The highest BCUT2D eigenvalue weighted by Gasteiger charge is 2.32. The topological polar surface area (TPSA) is 49.4 Å². The Morgan fingerprint density at radius 1 is 1.43 bits per heavy atom.